The zero-order chi connectivity index (χ0) is 16.8. The van der Waals surface area contributed by atoms with Gasteiger partial charge in [-0.05, 0) is 37.5 Å². The Labute approximate surface area is 134 Å². The summed E-state index contributed by atoms with van der Waals surface area (Å²) in [5.41, 5.74) is 7.12. The predicted octanol–water partition coefficient (Wildman–Crippen LogP) is 1.67. The number of hydrogen-bond donors (Lipinski definition) is 1. The lowest BCUT2D eigenvalue weighted by atomic mass is 9.94. The van der Waals surface area contributed by atoms with E-state index in [1.807, 2.05) is 12.1 Å². The minimum Gasteiger partial charge on any atom is -0.465 e. The number of sulfonamides is 1. The van der Waals surface area contributed by atoms with Gasteiger partial charge >= 0.3 is 0 Å². The lowest BCUT2D eigenvalue weighted by Gasteiger charge is -2.34. The van der Waals surface area contributed by atoms with Crippen LogP contribution in [0, 0.1) is 13.8 Å². The Morgan fingerprint density at radius 1 is 1.30 bits per heavy atom. The smallest absolute Gasteiger partial charge is 0.247 e. The van der Waals surface area contributed by atoms with Crippen molar-refractivity contribution >= 4 is 15.9 Å². The predicted molar refractivity (Wildman–Crippen MR) is 84.2 cm³/mol. The highest BCUT2D eigenvalue weighted by Crippen LogP contribution is 2.35. The van der Waals surface area contributed by atoms with Crippen LogP contribution >= 0.6 is 0 Å². The molecule has 0 saturated heterocycles. The fourth-order valence-corrected chi connectivity index (χ4v) is 4.89. The number of primary amides is 1. The molecule has 7 heteroatoms. The number of rotatable bonds is 3. The first-order valence-corrected chi connectivity index (χ1v) is 8.72. The van der Waals surface area contributed by atoms with Crippen molar-refractivity contribution in [3.8, 4) is 0 Å². The summed E-state index contributed by atoms with van der Waals surface area (Å²) in [4.78, 5) is 12.1. The van der Waals surface area contributed by atoms with Gasteiger partial charge in [0.1, 0.15) is 22.5 Å². The van der Waals surface area contributed by atoms with Crippen LogP contribution in [0.15, 0.2) is 39.6 Å². The highest BCUT2D eigenvalue weighted by atomic mass is 32.2. The van der Waals surface area contributed by atoms with Crippen LogP contribution in [0.3, 0.4) is 0 Å². The van der Waals surface area contributed by atoms with Gasteiger partial charge in [0.25, 0.3) is 0 Å². The normalized spacial score (nSPS) is 18.6. The molecule has 0 bridgehead atoms. The second-order valence-electron chi connectivity index (χ2n) is 5.65. The fraction of sp³-hybridized carbons (Fsp3) is 0.312. The zero-order valence-corrected chi connectivity index (χ0v) is 13.8. The first kappa shape index (κ1) is 15.8. The SMILES string of the molecule is Cc1cc(S(=O)(=O)N2CCc3ccccc3C2C(N)=O)c(C)o1. The summed E-state index contributed by atoms with van der Waals surface area (Å²) < 4.78 is 32.5. The summed E-state index contributed by atoms with van der Waals surface area (Å²) in [5.74, 6) is 0.136. The van der Waals surface area contributed by atoms with E-state index in [0.717, 1.165) is 5.56 Å². The van der Waals surface area contributed by atoms with E-state index in [4.69, 9.17) is 10.2 Å². The molecule has 1 aromatic heterocycles. The molecule has 2 heterocycles. The molecule has 0 saturated carbocycles. The zero-order valence-electron chi connectivity index (χ0n) is 12.9. The summed E-state index contributed by atoms with van der Waals surface area (Å²) >= 11 is 0. The van der Waals surface area contributed by atoms with E-state index >= 15 is 0 Å². The minimum atomic E-state index is -3.87. The first-order valence-electron chi connectivity index (χ1n) is 7.28. The highest BCUT2D eigenvalue weighted by Gasteiger charge is 2.40. The Kier molecular flexibility index (Phi) is 3.77. The number of nitrogens with two attached hydrogens (primary N) is 1. The molecule has 1 unspecified atom stereocenters. The Hall–Kier alpha value is -2.12. The molecule has 1 amide bonds. The number of aryl methyl sites for hydroxylation is 2. The number of fused-ring (bicyclic) bond motifs is 1. The van der Waals surface area contributed by atoms with Gasteiger partial charge in [0, 0.05) is 6.54 Å². The van der Waals surface area contributed by atoms with Crippen LogP contribution in [0.1, 0.15) is 28.7 Å². The molecule has 0 radical (unpaired) electrons. The van der Waals surface area contributed by atoms with Gasteiger partial charge in [0.05, 0.1) is 0 Å². The fourth-order valence-electron chi connectivity index (χ4n) is 3.09. The number of carbonyl (C=O) groups excluding carboxylic acids is 1. The third-order valence-corrected chi connectivity index (χ3v) is 6.06. The molecular formula is C16H18N2O4S. The Balaban J connectivity index is 2.12. The maximum absolute atomic E-state index is 13.0. The van der Waals surface area contributed by atoms with E-state index in [2.05, 4.69) is 0 Å². The van der Waals surface area contributed by atoms with E-state index in [1.165, 1.54) is 10.4 Å². The average Bonchev–Trinajstić information content (AvgIpc) is 2.85. The molecule has 1 aromatic carbocycles. The van der Waals surface area contributed by atoms with E-state index in [1.54, 1.807) is 26.0 Å². The quantitative estimate of drug-likeness (QED) is 0.924. The van der Waals surface area contributed by atoms with E-state index in [9.17, 15) is 13.2 Å². The number of carbonyl (C=O) groups is 1. The van der Waals surface area contributed by atoms with Crippen molar-refractivity contribution in [1.29, 1.82) is 0 Å². The van der Waals surface area contributed by atoms with Crippen LogP contribution in [0.25, 0.3) is 0 Å². The van der Waals surface area contributed by atoms with Crippen LogP contribution in [-0.4, -0.2) is 25.2 Å². The average molecular weight is 334 g/mol. The van der Waals surface area contributed by atoms with Gasteiger partial charge in [-0.2, -0.15) is 4.31 Å². The third kappa shape index (κ3) is 2.55. The molecule has 0 aliphatic carbocycles. The topological polar surface area (TPSA) is 93.6 Å². The second kappa shape index (κ2) is 5.50. The second-order valence-corrected chi connectivity index (χ2v) is 7.51. The molecule has 1 aliphatic heterocycles. The van der Waals surface area contributed by atoms with Crippen LogP contribution in [0.5, 0.6) is 0 Å². The van der Waals surface area contributed by atoms with Crippen LogP contribution in [-0.2, 0) is 21.2 Å². The van der Waals surface area contributed by atoms with Crippen molar-refractivity contribution < 1.29 is 17.6 Å². The molecule has 2 N–H and O–H groups in total. The number of benzene rings is 1. The molecule has 0 spiro atoms. The Morgan fingerprint density at radius 2 is 2.00 bits per heavy atom. The van der Waals surface area contributed by atoms with Gasteiger partial charge in [-0.25, -0.2) is 8.42 Å². The van der Waals surface area contributed by atoms with Gasteiger partial charge in [-0.3, -0.25) is 4.79 Å². The van der Waals surface area contributed by atoms with Gasteiger partial charge < -0.3 is 10.2 Å². The number of hydrogen-bond acceptors (Lipinski definition) is 4. The van der Waals surface area contributed by atoms with Crippen molar-refractivity contribution in [2.24, 2.45) is 5.73 Å². The molecule has 122 valence electrons. The van der Waals surface area contributed by atoms with Gasteiger partial charge in [0.2, 0.25) is 15.9 Å². The maximum Gasteiger partial charge on any atom is 0.247 e. The summed E-state index contributed by atoms with van der Waals surface area (Å²) in [7, 11) is -3.87. The van der Waals surface area contributed by atoms with Crippen molar-refractivity contribution in [2.75, 3.05) is 6.54 Å². The van der Waals surface area contributed by atoms with Gasteiger partial charge in [-0.15, -0.1) is 0 Å². The van der Waals surface area contributed by atoms with Crippen LogP contribution in [0.4, 0.5) is 0 Å². The summed E-state index contributed by atoms with van der Waals surface area (Å²) in [6.07, 6.45) is 0.537. The summed E-state index contributed by atoms with van der Waals surface area (Å²) in [6, 6.07) is 7.76. The molecule has 1 atom stereocenters. The van der Waals surface area contributed by atoms with Crippen molar-refractivity contribution in [3.63, 3.8) is 0 Å². The van der Waals surface area contributed by atoms with Crippen LogP contribution < -0.4 is 5.73 Å². The number of amides is 1. The molecule has 0 fully saturated rings. The maximum atomic E-state index is 13.0. The first-order chi connectivity index (χ1) is 10.8. The molecular weight excluding hydrogens is 316 g/mol. The summed E-state index contributed by atoms with van der Waals surface area (Å²) in [5, 5.41) is 0. The summed E-state index contributed by atoms with van der Waals surface area (Å²) in [6.45, 7) is 3.48. The standard InChI is InChI=1S/C16H18N2O4S/c1-10-9-14(11(2)22-10)23(20,21)18-8-7-12-5-3-4-6-13(12)15(18)16(17)19/h3-6,9,15H,7-8H2,1-2H3,(H2,17,19). The molecule has 1 aliphatic rings. The van der Waals surface area contributed by atoms with Crippen molar-refractivity contribution in [2.45, 2.75) is 31.2 Å². The molecule has 2 aromatic rings. The number of nitrogens with zero attached hydrogens (tertiary/aromatic N) is 1. The van der Waals surface area contributed by atoms with Gasteiger partial charge in [-0.1, -0.05) is 24.3 Å². The van der Waals surface area contributed by atoms with Crippen molar-refractivity contribution in [3.05, 3.63) is 53.0 Å². The van der Waals surface area contributed by atoms with E-state index in [0.29, 0.717) is 23.5 Å². The lowest BCUT2D eigenvalue weighted by molar-refractivity contribution is -0.122. The minimum absolute atomic E-state index is 0.0839. The highest BCUT2D eigenvalue weighted by molar-refractivity contribution is 7.89. The monoisotopic (exact) mass is 334 g/mol. The Morgan fingerprint density at radius 3 is 2.61 bits per heavy atom. The largest absolute Gasteiger partial charge is 0.465 e. The Bertz CT molecular complexity index is 870. The lowest BCUT2D eigenvalue weighted by Crippen LogP contribution is -2.45. The third-order valence-electron chi connectivity index (χ3n) is 4.09. The number of furan rings is 1. The molecule has 3 rings (SSSR count). The van der Waals surface area contributed by atoms with Crippen molar-refractivity contribution in [1.82, 2.24) is 4.31 Å². The van der Waals surface area contributed by atoms with E-state index in [-0.39, 0.29) is 11.4 Å². The van der Waals surface area contributed by atoms with E-state index < -0.39 is 22.0 Å². The van der Waals surface area contributed by atoms with Crippen LogP contribution in [0.2, 0.25) is 0 Å². The molecule has 23 heavy (non-hydrogen) atoms. The molecule has 6 nitrogen and oxygen atoms in total. The van der Waals surface area contributed by atoms with Gasteiger partial charge in [0.15, 0.2) is 0 Å².